The SMILES string of the molecule is Cc1cc(O)ccc1N=Nc1c(C)cc(O)cc1C. The third kappa shape index (κ3) is 2.91. The number of benzene rings is 2. The van der Waals surface area contributed by atoms with E-state index in [0.29, 0.717) is 5.69 Å². The molecule has 0 aliphatic heterocycles. The number of aryl methyl sites for hydroxylation is 3. The van der Waals surface area contributed by atoms with Crippen molar-refractivity contribution in [2.45, 2.75) is 20.8 Å². The summed E-state index contributed by atoms with van der Waals surface area (Å²) in [5, 5.41) is 27.3. The quantitative estimate of drug-likeness (QED) is 0.780. The van der Waals surface area contributed by atoms with Crippen molar-refractivity contribution in [3.8, 4) is 11.5 Å². The molecule has 2 aromatic carbocycles. The Hall–Kier alpha value is -2.36. The molecule has 0 unspecified atom stereocenters. The highest BCUT2D eigenvalue weighted by molar-refractivity contribution is 5.56. The summed E-state index contributed by atoms with van der Waals surface area (Å²) in [6.07, 6.45) is 0. The second-order valence-electron chi connectivity index (χ2n) is 4.60. The van der Waals surface area contributed by atoms with Gasteiger partial charge >= 0.3 is 0 Å². The summed E-state index contributed by atoms with van der Waals surface area (Å²) in [7, 11) is 0. The third-order valence-electron chi connectivity index (χ3n) is 2.91. The van der Waals surface area contributed by atoms with Crippen molar-refractivity contribution in [3.05, 3.63) is 47.0 Å². The monoisotopic (exact) mass is 256 g/mol. The standard InChI is InChI=1S/C15H16N2O2/c1-9-6-12(18)4-5-14(9)16-17-15-10(2)7-13(19)8-11(15)3/h4-8,18-19H,1-3H3. The van der Waals surface area contributed by atoms with E-state index in [-0.39, 0.29) is 11.5 Å². The van der Waals surface area contributed by atoms with Crippen molar-refractivity contribution in [1.82, 2.24) is 0 Å². The fourth-order valence-corrected chi connectivity index (χ4v) is 1.95. The molecule has 0 atom stereocenters. The summed E-state index contributed by atoms with van der Waals surface area (Å²) >= 11 is 0. The maximum Gasteiger partial charge on any atom is 0.116 e. The molecular weight excluding hydrogens is 240 g/mol. The van der Waals surface area contributed by atoms with Gasteiger partial charge < -0.3 is 10.2 Å². The summed E-state index contributed by atoms with van der Waals surface area (Å²) < 4.78 is 0. The highest BCUT2D eigenvalue weighted by atomic mass is 16.3. The third-order valence-corrected chi connectivity index (χ3v) is 2.91. The number of nitrogens with zero attached hydrogens (tertiary/aromatic N) is 2. The largest absolute Gasteiger partial charge is 0.508 e. The number of phenols is 2. The lowest BCUT2D eigenvalue weighted by atomic mass is 10.1. The fourth-order valence-electron chi connectivity index (χ4n) is 1.95. The highest BCUT2D eigenvalue weighted by Gasteiger charge is 2.04. The Bertz CT molecular complexity index is 626. The number of rotatable bonds is 2. The maximum atomic E-state index is 9.48. The van der Waals surface area contributed by atoms with Gasteiger partial charge in [-0.3, -0.25) is 0 Å². The normalized spacial score (nSPS) is 11.1. The van der Waals surface area contributed by atoms with Crippen molar-refractivity contribution in [1.29, 1.82) is 0 Å². The molecule has 98 valence electrons. The average Bonchev–Trinajstić information content (AvgIpc) is 2.30. The van der Waals surface area contributed by atoms with Crippen molar-refractivity contribution in [3.63, 3.8) is 0 Å². The smallest absolute Gasteiger partial charge is 0.116 e. The first kappa shape index (κ1) is 13.1. The van der Waals surface area contributed by atoms with Gasteiger partial charge in [0.2, 0.25) is 0 Å². The van der Waals surface area contributed by atoms with Gasteiger partial charge in [0.1, 0.15) is 11.5 Å². The molecule has 19 heavy (non-hydrogen) atoms. The van der Waals surface area contributed by atoms with Gasteiger partial charge in [0, 0.05) is 0 Å². The van der Waals surface area contributed by atoms with Gasteiger partial charge in [-0.15, -0.1) is 5.11 Å². The summed E-state index contributed by atoms with van der Waals surface area (Å²) in [4.78, 5) is 0. The molecule has 0 amide bonds. The molecule has 0 spiro atoms. The number of hydrogen-bond donors (Lipinski definition) is 2. The van der Waals surface area contributed by atoms with E-state index in [4.69, 9.17) is 0 Å². The van der Waals surface area contributed by atoms with Gasteiger partial charge in [-0.1, -0.05) is 0 Å². The van der Waals surface area contributed by atoms with E-state index in [2.05, 4.69) is 10.2 Å². The van der Waals surface area contributed by atoms with Crippen LogP contribution in [0.3, 0.4) is 0 Å². The van der Waals surface area contributed by atoms with E-state index in [1.54, 1.807) is 30.3 Å². The van der Waals surface area contributed by atoms with Crippen molar-refractivity contribution in [2.75, 3.05) is 0 Å². The molecule has 0 aliphatic carbocycles. The Balaban J connectivity index is 2.38. The number of aromatic hydroxyl groups is 2. The molecule has 0 aliphatic rings. The van der Waals surface area contributed by atoms with E-state index < -0.39 is 0 Å². The molecule has 0 saturated carbocycles. The van der Waals surface area contributed by atoms with Crippen LogP contribution in [0.15, 0.2) is 40.6 Å². The zero-order chi connectivity index (χ0) is 14.0. The molecule has 0 saturated heterocycles. The van der Waals surface area contributed by atoms with Crippen molar-refractivity contribution < 1.29 is 10.2 Å². The predicted octanol–water partition coefficient (Wildman–Crippen LogP) is 4.44. The van der Waals surface area contributed by atoms with Crippen LogP contribution in [-0.4, -0.2) is 10.2 Å². The summed E-state index contributed by atoms with van der Waals surface area (Å²) in [5.41, 5.74) is 4.07. The first-order chi connectivity index (χ1) is 8.97. The summed E-state index contributed by atoms with van der Waals surface area (Å²) in [6, 6.07) is 8.26. The predicted molar refractivity (Wildman–Crippen MR) is 74.6 cm³/mol. The van der Waals surface area contributed by atoms with E-state index in [0.717, 1.165) is 22.4 Å². The fraction of sp³-hybridized carbons (Fsp3) is 0.200. The number of hydrogen-bond acceptors (Lipinski definition) is 4. The second-order valence-corrected chi connectivity index (χ2v) is 4.60. The zero-order valence-corrected chi connectivity index (χ0v) is 11.2. The van der Waals surface area contributed by atoms with E-state index in [9.17, 15) is 10.2 Å². The van der Waals surface area contributed by atoms with Crippen molar-refractivity contribution >= 4 is 11.4 Å². The molecule has 0 heterocycles. The minimum Gasteiger partial charge on any atom is -0.508 e. The lowest BCUT2D eigenvalue weighted by Crippen LogP contribution is -1.80. The minimum absolute atomic E-state index is 0.216. The Morgan fingerprint density at radius 1 is 0.737 bits per heavy atom. The van der Waals surface area contributed by atoms with Crippen LogP contribution >= 0.6 is 0 Å². The second kappa shape index (κ2) is 5.10. The topological polar surface area (TPSA) is 65.2 Å². The molecule has 2 aromatic rings. The Morgan fingerprint density at radius 3 is 1.89 bits per heavy atom. The van der Waals surface area contributed by atoms with Crippen LogP contribution in [-0.2, 0) is 0 Å². The van der Waals surface area contributed by atoms with Crippen molar-refractivity contribution in [2.24, 2.45) is 10.2 Å². The lowest BCUT2D eigenvalue weighted by Gasteiger charge is -2.05. The molecule has 0 aromatic heterocycles. The molecule has 0 fully saturated rings. The first-order valence-electron chi connectivity index (χ1n) is 5.99. The maximum absolute atomic E-state index is 9.48. The van der Waals surface area contributed by atoms with Crippen LogP contribution in [0.25, 0.3) is 0 Å². The van der Waals surface area contributed by atoms with Gasteiger partial charge in [-0.25, -0.2) is 0 Å². The Kier molecular flexibility index (Phi) is 3.51. The molecule has 0 bridgehead atoms. The van der Waals surface area contributed by atoms with Gasteiger partial charge in [0.15, 0.2) is 0 Å². The van der Waals surface area contributed by atoms with E-state index in [1.807, 2.05) is 20.8 Å². The van der Waals surface area contributed by atoms with Crippen LogP contribution in [0.5, 0.6) is 11.5 Å². The van der Waals surface area contributed by atoms with Gasteiger partial charge in [-0.05, 0) is 67.8 Å². The van der Waals surface area contributed by atoms with Crippen LogP contribution in [0, 0.1) is 20.8 Å². The van der Waals surface area contributed by atoms with Crippen LogP contribution in [0.1, 0.15) is 16.7 Å². The van der Waals surface area contributed by atoms with Crippen LogP contribution in [0.2, 0.25) is 0 Å². The molecule has 2 rings (SSSR count). The zero-order valence-electron chi connectivity index (χ0n) is 11.2. The first-order valence-corrected chi connectivity index (χ1v) is 5.99. The van der Waals surface area contributed by atoms with E-state index in [1.165, 1.54) is 0 Å². The summed E-state index contributed by atoms with van der Waals surface area (Å²) in [5.74, 6) is 0.447. The van der Waals surface area contributed by atoms with Gasteiger partial charge in [0.25, 0.3) is 0 Å². The van der Waals surface area contributed by atoms with E-state index >= 15 is 0 Å². The van der Waals surface area contributed by atoms with Crippen LogP contribution < -0.4 is 0 Å². The summed E-state index contributed by atoms with van der Waals surface area (Å²) in [6.45, 7) is 5.63. The number of azo groups is 1. The van der Waals surface area contributed by atoms with Gasteiger partial charge in [-0.2, -0.15) is 5.11 Å². The highest BCUT2D eigenvalue weighted by Crippen LogP contribution is 2.31. The lowest BCUT2D eigenvalue weighted by molar-refractivity contribution is 0.474. The average molecular weight is 256 g/mol. The van der Waals surface area contributed by atoms with Gasteiger partial charge in [0.05, 0.1) is 11.4 Å². The molecule has 2 N–H and O–H groups in total. The molecule has 4 heteroatoms. The number of phenolic OH excluding ortho intramolecular Hbond substituents is 2. The molecule has 4 nitrogen and oxygen atoms in total. The molecule has 0 radical (unpaired) electrons. The molecular formula is C15H16N2O2. The minimum atomic E-state index is 0.216. The Morgan fingerprint density at radius 2 is 1.32 bits per heavy atom. The Labute approximate surface area is 112 Å². The van der Waals surface area contributed by atoms with Crippen LogP contribution in [0.4, 0.5) is 11.4 Å².